The van der Waals surface area contributed by atoms with Gasteiger partial charge < -0.3 is 19.3 Å². The molecular weight excluding hydrogens is 224 g/mol. The van der Waals surface area contributed by atoms with Crippen molar-refractivity contribution in [3.63, 3.8) is 0 Å². The summed E-state index contributed by atoms with van der Waals surface area (Å²) in [5, 5.41) is 9.82. The summed E-state index contributed by atoms with van der Waals surface area (Å²) in [6.07, 6.45) is 0.263. The fraction of sp³-hybridized carbons (Fsp3) is 0.417. The molecule has 0 bridgehead atoms. The van der Waals surface area contributed by atoms with Crippen molar-refractivity contribution < 1.29 is 24.1 Å². The summed E-state index contributed by atoms with van der Waals surface area (Å²) >= 11 is 0. The molecule has 0 aliphatic heterocycles. The van der Waals surface area contributed by atoms with Crippen LogP contribution in [-0.2, 0) is 0 Å². The lowest BCUT2D eigenvalue weighted by Crippen LogP contribution is -2.04. The van der Waals surface area contributed by atoms with Crippen molar-refractivity contribution in [3.8, 4) is 23.0 Å². The van der Waals surface area contributed by atoms with Gasteiger partial charge in [-0.25, -0.2) is 0 Å². The van der Waals surface area contributed by atoms with Crippen LogP contribution >= 0.6 is 0 Å². The van der Waals surface area contributed by atoms with Gasteiger partial charge in [-0.3, -0.25) is 4.79 Å². The van der Waals surface area contributed by atoms with Gasteiger partial charge in [0.1, 0.15) is 11.3 Å². The first-order valence-corrected chi connectivity index (χ1v) is 5.15. The summed E-state index contributed by atoms with van der Waals surface area (Å²) in [6, 6.07) is 1.34. The number of phenols is 1. The zero-order valence-corrected chi connectivity index (χ0v) is 10.4. The first-order valence-electron chi connectivity index (χ1n) is 5.15. The van der Waals surface area contributed by atoms with E-state index in [1.807, 2.05) is 0 Å². The second kappa shape index (κ2) is 5.43. The Morgan fingerprint density at radius 3 is 2.18 bits per heavy atom. The number of ketones is 1. The van der Waals surface area contributed by atoms with E-state index in [0.29, 0.717) is 11.5 Å². The number of rotatable bonds is 5. The molecule has 17 heavy (non-hydrogen) atoms. The van der Waals surface area contributed by atoms with E-state index in [2.05, 4.69) is 0 Å². The smallest absolute Gasteiger partial charge is 0.204 e. The largest absolute Gasteiger partial charge is 0.507 e. The summed E-state index contributed by atoms with van der Waals surface area (Å²) in [7, 11) is 4.29. The van der Waals surface area contributed by atoms with Gasteiger partial charge in [0.2, 0.25) is 5.75 Å². The molecule has 0 radical (unpaired) electrons. The van der Waals surface area contributed by atoms with E-state index in [9.17, 15) is 9.90 Å². The van der Waals surface area contributed by atoms with Crippen molar-refractivity contribution in [3.05, 3.63) is 11.6 Å². The van der Waals surface area contributed by atoms with E-state index >= 15 is 0 Å². The van der Waals surface area contributed by atoms with Crippen LogP contribution in [0.15, 0.2) is 6.07 Å². The van der Waals surface area contributed by atoms with Crippen LogP contribution in [0.5, 0.6) is 23.0 Å². The maximum absolute atomic E-state index is 11.7. The Bertz CT molecular complexity index is 425. The van der Waals surface area contributed by atoms with Crippen LogP contribution in [-0.4, -0.2) is 32.2 Å². The zero-order chi connectivity index (χ0) is 13.0. The van der Waals surface area contributed by atoms with E-state index in [1.54, 1.807) is 6.92 Å². The Labute approximate surface area is 99.9 Å². The third-order valence-electron chi connectivity index (χ3n) is 2.41. The number of hydrogen-bond acceptors (Lipinski definition) is 5. The molecule has 0 saturated heterocycles. The predicted octanol–water partition coefficient (Wildman–Crippen LogP) is 2.01. The molecule has 94 valence electrons. The van der Waals surface area contributed by atoms with E-state index in [4.69, 9.17) is 14.2 Å². The summed E-state index contributed by atoms with van der Waals surface area (Å²) < 4.78 is 15.3. The summed E-state index contributed by atoms with van der Waals surface area (Å²) in [5.41, 5.74) is 0.118. The molecule has 1 aromatic carbocycles. The van der Waals surface area contributed by atoms with Crippen molar-refractivity contribution in [2.45, 2.75) is 13.3 Å². The summed E-state index contributed by atoms with van der Waals surface area (Å²) in [4.78, 5) is 11.7. The topological polar surface area (TPSA) is 65.0 Å². The molecule has 0 unspecified atom stereocenters. The minimum atomic E-state index is -0.222. The highest BCUT2D eigenvalue weighted by molar-refractivity contribution is 6.02. The molecule has 0 heterocycles. The standard InChI is InChI=1S/C12H16O5/c1-5-7(13)10-8(14)6-9(15-2)11(16-3)12(10)17-4/h6,14H,5H2,1-4H3. The predicted molar refractivity (Wildman–Crippen MR) is 62.4 cm³/mol. The summed E-state index contributed by atoms with van der Waals surface area (Å²) in [6.45, 7) is 1.71. The highest BCUT2D eigenvalue weighted by atomic mass is 16.5. The number of aromatic hydroxyl groups is 1. The normalized spacial score (nSPS) is 9.88. The minimum absolute atomic E-state index is 0.118. The molecule has 5 nitrogen and oxygen atoms in total. The Kier molecular flexibility index (Phi) is 4.20. The van der Waals surface area contributed by atoms with Crippen LogP contribution < -0.4 is 14.2 Å². The van der Waals surface area contributed by atoms with Gasteiger partial charge in [0.15, 0.2) is 17.3 Å². The zero-order valence-electron chi connectivity index (χ0n) is 10.4. The fourth-order valence-corrected chi connectivity index (χ4v) is 1.59. The van der Waals surface area contributed by atoms with Gasteiger partial charge in [-0.1, -0.05) is 6.92 Å². The maximum Gasteiger partial charge on any atom is 0.204 e. The maximum atomic E-state index is 11.7. The lowest BCUT2D eigenvalue weighted by Gasteiger charge is -2.16. The third kappa shape index (κ3) is 2.27. The number of carbonyl (C=O) groups excluding carboxylic acids is 1. The first-order chi connectivity index (χ1) is 8.10. The van der Waals surface area contributed by atoms with Crippen LogP contribution in [0.25, 0.3) is 0 Å². The molecule has 0 amide bonds. The van der Waals surface area contributed by atoms with Gasteiger partial charge in [0.25, 0.3) is 0 Å². The number of benzene rings is 1. The number of Topliss-reactive ketones (excluding diaryl/α,β-unsaturated/α-hetero) is 1. The van der Waals surface area contributed by atoms with Gasteiger partial charge >= 0.3 is 0 Å². The lowest BCUT2D eigenvalue weighted by molar-refractivity contribution is 0.0981. The Morgan fingerprint density at radius 1 is 1.18 bits per heavy atom. The second-order valence-corrected chi connectivity index (χ2v) is 3.32. The van der Waals surface area contributed by atoms with Crippen LogP contribution in [0, 0.1) is 0 Å². The number of phenolic OH excluding ortho intramolecular Hbond substituents is 1. The quantitative estimate of drug-likeness (QED) is 0.797. The van der Waals surface area contributed by atoms with Gasteiger partial charge in [-0.05, 0) is 0 Å². The molecule has 5 heteroatoms. The Morgan fingerprint density at radius 2 is 1.76 bits per heavy atom. The van der Waals surface area contributed by atoms with E-state index in [1.165, 1.54) is 27.4 Å². The molecule has 1 aromatic rings. The average molecular weight is 240 g/mol. The number of carbonyl (C=O) groups is 1. The van der Waals surface area contributed by atoms with Crippen LogP contribution in [0.4, 0.5) is 0 Å². The SMILES string of the molecule is CCC(=O)c1c(O)cc(OC)c(OC)c1OC. The summed E-state index contributed by atoms with van der Waals surface area (Å²) in [5.74, 6) is 0.405. The van der Waals surface area contributed by atoms with E-state index in [-0.39, 0.29) is 29.3 Å². The highest BCUT2D eigenvalue weighted by Crippen LogP contribution is 2.44. The number of ether oxygens (including phenoxy) is 3. The van der Waals surface area contributed by atoms with Gasteiger partial charge in [-0.15, -0.1) is 0 Å². The molecule has 0 saturated carbocycles. The average Bonchev–Trinajstić information content (AvgIpc) is 2.36. The van der Waals surface area contributed by atoms with Crippen molar-refractivity contribution in [1.29, 1.82) is 0 Å². The van der Waals surface area contributed by atoms with E-state index < -0.39 is 0 Å². The lowest BCUT2D eigenvalue weighted by atomic mass is 10.0. The fourth-order valence-electron chi connectivity index (χ4n) is 1.59. The molecule has 0 atom stereocenters. The minimum Gasteiger partial charge on any atom is -0.507 e. The van der Waals surface area contributed by atoms with Crippen molar-refractivity contribution >= 4 is 5.78 Å². The number of hydrogen-bond donors (Lipinski definition) is 1. The Balaban J connectivity index is 3.54. The Hall–Kier alpha value is -1.91. The molecule has 0 aliphatic carbocycles. The van der Waals surface area contributed by atoms with Crippen molar-refractivity contribution in [1.82, 2.24) is 0 Å². The molecular formula is C12H16O5. The monoisotopic (exact) mass is 240 g/mol. The van der Waals surface area contributed by atoms with Gasteiger partial charge in [0, 0.05) is 12.5 Å². The van der Waals surface area contributed by atoms with Gasteiger partial charge in [-0.2, -0.15) is 0 Å². The van der Waals surface area contributed by atoms with Crippen molar-refractivity contribution in [2.75, 3.05) is 21.3 Å². The van der Waals surface area contributed by atoms with Crippen LogP contribution in [0.1, 0.15) is 23.7 Å². The first kappa shape index (κ1) is 13.2. The molecule has 0 aromatic heterocycles. The van der Waals surface area contributed by atoms with E-state index in [0.717, 1.165) is 0 Å². The molecule has 0 aliphatic rings. The molecule has 0 fully saturated rings. The highest BCUT2D eigenvalue weighted by Gasteiger charge is 2.24. The van der Waals surface area contributed by atoms with Crippen LogP contribution in [0.2, 0.25) is 0 Å². The molecule has 0 spiro atoms. The molecule has 1 N–H and O–H groups in total. The van der Waals surface area contributed by atoms with Crippen molar-refractivity contribution in [2.24, 2.45) is 0 Å². The third-order valence-corrected chi connectivity index (χ3v) is 2.41. The number of methoxy groups -OCH3 is 3. The van der Waals surface area contributed by atoms with Gasteiger partial charge in [0.05, 0.1) is 21.3 Å². The second-order valence-electron chi connectivity index (χ2n) is 3.32. The van der Waals surface area contributed by atoms with Crippen LogP contribution in [0.3, 0.4) is 0 Å². The molecule has 1 rings (SSSR count).